The van der Waals surface area contributed by atoms with E-state index in [2.05, 4.69) is 10.6 Å². The van der Waals surface area contributed by atoms with Crippen LogP contribution in [0, 0.1) is 13.8 Å². The Morgan fingerprint density at radius 2 is 1.47 bits per heavy atom. The number of hydrogen-bond donors (Lipinski definition) is 3. The van der Waals surface area contributed by atoms with Gasteiger partial charge in [0.05, 0.1) is 10.6 Å². The maximum Gasteiger partial charge on any atom is 0.283 e. The van der Waals surface area contributed by atoms with Crippen molar-refractivity contribution >= 4 is 56.4 Å². The molecule has 0 saturated heterocycles. The van der Waals surface area contributed by atoms with Crippen molar-refractivity contribution in [1.29, 1.82) is 0 Å². The Kier molecular flexibility index (Phi) is 6.68. The minimum absolute atomic E-state index is 0.0629. The zero-order chi connectivity index (χ0) is 26.2. The summed E-state index contributed by atoms with van der Waals surface area (Å²) in [6.45, 7) is 3.81. The average Bonchev–Trinajstić information content (AvgIpc) is 3.04. The summed E-state index contributed by atoms with van der Waals surface area (Å²) in [7, 11) is -3.83. The fourth-order valence-corrected chi connectivity index (χ4v) is 4.22. The second kappa shape index (κ2) is 9.57. The molecule has 9 nitrogen and oxygen atoms in total. The van der Waals surface area contributed by atoms with Gasteiger partial charge in [-0.05, 0) is 85.6 Å². The number of hydrogen-bond acceptors (Lipinski definition) is 6. The molecule has 1 aliphatic heterocycles. The Morgan fingerprint density at radius 3 is 2.06 bits per heavy atom. The van der Waals surface area contributed by atoms with Gasteiger partial charge in [-0.3, -0.25) is 14.4 Å². The number of halogens is 1. The van der Waals surface area contributed by atoms with Crippen LogP contribution in [0.25, 0.3) is 0 Å². The van der Waals surface area contributed by atoms with Crippen molar-refractivity contribution in [2.24, 2.45) is 5.14 Å². The van der Waals surface area contributed by atoms with Crippen LogP contribution in [0.4, 0.5) is 17.1 Å². The highest BCUT2D eigenvalue weighted by molar-refractivity contribution is 7.89. The first-order chi connectivity index (χ1) is 17.0. The van der Waals surface area contributed by atoms with Gasteiger partial charge in [0.25, 0.3) is 17.7 Å². The van der Waals surface area contributed by atoms with Gasteiger partial charge in [0, 0.05) is 16.9 Å². The van der Waals surface area contributed by atoms with Crippen molar-refractivity contribution in [2.75, 3.05) is 15.5 Å². The minimum atomic E-state index is -3.83. The highest BCUT2D eigenvalue weighted by Crippen LogP contribution is 2.31. The predicted molar refractivity (Wildman–Crippen MR) is 137 cm³/mol. The van der Waals surface area contributed by atoms with Gasteiger partial charge in [-0.15, -0.1) is 0 Å². The molecule has 0 bridgehead atoms. The van der Waals surface area contributed by atoms with Crippen LogP contribution in [-0.4, -0.2) is 26.1 Å². The van der Waals surface area contributed by atoms with Crippen molar-refractivity contribution in [2.45, 2.75) is 18.7 Å². The molecule has 0 atom stereocenters. The van der Waals surface area contributed by atoms with E-state index in [1.54, 1.807) is 24.3 Å². The maximum absolute atomic E-state index is 13.0. The number of nitrogens with two attached hydrogens (primary N) is 1. The highest BCUT2D eigenvalue weighted by Gasteiger charge is 2.39. The number of amides is 3. The first-order valence-corrected chi connectivity index (χ1v) is 12.6. The number of imide groups is 1. The molecule has 3 aromatic rings. The van der Waals surface area contributed by atoms with Crippen LogP contribution in [0.3, 0.4) is 0 Å². The molecule has 0 spiro atoms. The number of rotatable bonds is 6. The van der Waals surface area contributed by atoms with Gasteiger partial charge in [0.1, 0.15) is 10.7 Å². The number of anilines is 3. The molecular formula is C25H21ClN4O5S. The van der Waals surface area contributed by atoms with Gasteiger partial charge in [-0.25, -0.2) is 18.5 Å². The number of carbonyl (C=O) groups excluding carboxylic acids is 3. The van der Waals surface area contributed by atoms with Gasteiger partial charge in [0.15, 0.2) is 0 Å². The molecule has 184 valence electrons. The van der Waals surface area contributed by atoms with Crippen molar-refractivity contribution in [3.8, 4) is 0 Å². The molecule has 0 saturated carbocycles. The summed E-state index contributed by atoms with van der Waals surface area (Å²) in [5.41, 5.74) is 3.45. The van der Waals surface area contributed by atoms with E-state index in [-0.39, 0.29) is 15.6 Å². The predicted octanol–water partition coefficient (Wildman–Crippen LogP) is 3.64. The summed E-state index contributed by atoms with van der Waals surface area (Å²) in [6, 6.07) is 16.8. The largest absolute Gasteiger partial charge is 0.350 e. The van der Waals surface area contributed by atoms with Gasteiger partial charge >= 0.3 is 0 Å². The molecule has 36 heavy (non-hydrogen) atoms. The molecule has 4 N–H and O–H groups in total. The molecule has 4 rings (SSSR count). The smallest absolute Gasteiger partial charge is 0.283 e. The molecule has 1 aliphatic rings. The van der Waals surface area contributed by atoms with Crippen LogP contribution < -0.4 is 20.7 Å². The molecule has 0 unspecified atom stereocenters. The van der Waals surface area contributed by atoms with E-state index in [0.717, 1.165) is 16.0 Å². The third kappa shape index (κ3) is 5.01. The number of carbonyl (C=O) groups is 3. The molecule has 0 aliphatic carbocycles. The zero-order valence-corrected chi connectivity index (χ0v) is 20.8. The van der Waals surface area contributed by atoms with E-state index in [0.29, 0.717) is 22.6 Å². The number of primary sulfonamides is 1. The summed E-state index contributed by atoms with van der Waals surface area (Å²) in [6.07, 6.45) is 0. The summed E-state index contributed by atoms with van der Waals surface area (Å²) in [4.78, 5) is 39.2. The van der Waals surface area contributed by atoms with E-state index in [1.165, 1.54) is 36.4 Å². The number of nitrogens with zero attached hydrogens (tertiary/aromatic N) is 1. The Labute approximate surface area is 212 Å². The monoisotopic (exact) mass is 524 g/mol. The second-order valence-electron chi connectivity index (χ2n) is 8.13. The van der Waals surface area contributed by atoms with E-state index in [9.17, 15) is 22.8 Å². The Morgan fingerprint density at radius 1 is 0.861 bits per heavy atom. The van der Waals surface area contributed by atoms with Crippen molar-refractivity contribution in [1.82, 2.24) is 0 Å². The van der Waals surface area contributed by atoms with Crippen LogP contribution >= 0.6 is 11.6 Å². The van der Waals surface area contributed by atoms with E-state index in [1.807, 2.05) is 19.9 Å². The molecule has 0 fully saturated rings. The lowest BCUT2D eigenvalue weighted by Gasteiger charge is -2.16. The third-order valence-corrected chi connectivity index (χ3v) is 6.91. The Bertz CT molecular complexity index is 1530. The summed E-state index contributed by atoms with van der Waals surface area (Å²) < 4.78 is 22.7. The topological polar surface area (TPSA) is 139 Å². The van der Waals surface area contributed by atoms with E-state index < -0.39 is 27.7 Å². The Balaban J connectivity index is 1.46. The number of nitrogens with one attached hydrogen (secondary N) is 2. The maximum atomic E-state index is 13.0. The average molecular weight is 525 g/mol. The van der Waals surface area contributed by atoms with Gasteiger partial charge in [0.2, 0.25) is 10.0 Å². The summed E-state index contributed by atoms with van der Waals surface area (Å²) in [5, 5.41) is 10.4. The fraction of sp³-hybridized carbons (Fsp3) is 0.0800. The van der Waals surface area contributed by atoms with E-state index >= 15 is 0 Å². The van der Waals surface area contributed by atoms with Gasteiger partial charge in [-0.1, -0.05) is 17.7 Å². The lowest BCUT2D eigenvalue weighted by atomic mass is 10.1. The number of benzene rings is 3. The molecule has 11 heteroatoms. The Hall–Kier alpha value is -3.99. The minimum Gasteiger partial charge on any atom is -0.350 e. The van der Waals surface area contributed by atoms with Gasteiger partial charge < -0.3 is 10.6 Å². The fourth-order valence-electron chi connectivity index (χ4n) is 3.49. The number of sulfonamides is 1. The third-order valence-electron chi connectivity index (χ3n) is 5.63. The zero-order valence-electron chi connectivity index (χ0n) is 19.2. The molecule has 0 radical (unpaired) electrons. The van der Waals surface area contributed by atoms with Crippen LogP contribution in [0.15, 0.2) is 82.4 Å². The molecular weight excluding hydrogens is 504 g/mol. The molecule has 1 heterocycles. The summed E-state index contributed by atoms with van der Waals surface area (Å²) >= 11 is 6.20. The van der Waals surface area contributed by atoms with Gasteiger partial charge in [-0.2, -0.15) is 0 Å². The normalized spacial score (nSPS) is 13.8. The van der Waals surface area contributed by atoms with Crippen molar-refractivity contribution in [3.63, 3.8) is 0 Å². The first-order valence-electron chi connectivity index (χ1n) is 10.6. The molecule has 0 aromatic heterocycles. The van der Waals surface area contributed by atoms with Crippen molar-refractivity contribution in [3.05, 3.63) is 94.1 Å². The van der Waals surface area contributed by atoms with E-state index in [4.69, 9.17) is 16.7 Å². The van der Waals surface area contributed by atoms with Crippen LogP contribution in [0.1, 0.15) is 21.5 Å². The standard InChI is InChI=1S/C25H21ClN4O5S/c1-14-3-10-19(13-15(14)2)30-24(32)21(26)22(25(30)33)28-17-6-4-16(5-7-17)23(31)29-18-8-11-20(12-9-18)36(27,34)35/h3-13,28H,1-2H3,(H,29,31)(H2,27,34,35). The molecule has 3 amide bonds. The molecule has 3 aromatic carbocycles. The van der Waals surface area contributed by atoms with Crippen molar-refractivity contribution < 1.29 is 22.8 Å². The lowest BCUT2D eigenvalue weighted by molar-refractivity contribution is -0.120. The van der Waals surface area contributed by atoms with Crippen LogP contribution in [0.2, 0.25) is 0 Å². The first kappa shape index (κ1) is 25.1. The SMILES string of the molecule is Cc1ccc(N2C(=O)C(Cl)=C(Nc3ccc(C(=O)Nc4ccc(S(N)(=O)=O)cc4)cc3)C2=O)cc1C. The second-order valence-corrected chi connectivity index (χ2v) is 10.1. The van der Waals surface area contributed by atoms with Crippen LogP contribution in [0.5, 0.6) is 0 Å². The highest BCUT2D eigenvalue weighted by atomic mass is 35.5. The lowest BCUT2D eigenvalue weighted by Crippen LogP contribution is -2.32. The number of aryl methyl sites for hydroxylation is 2. The summed E-state index contributed by atoms with van der Waals surface area (Å²) in [5.74, 6) is -1.65. The van der Waals surface area contributed by atoms with Crippen LogP contribution in [-0.2, 0) is 19.6 Å². The quantitative estimate of drug-likeness (QED) is 0.421.